The molecule has 1 unspecified atom stereocenters. The molecule has 0 saturated carbocycles. The standard InChI is InChI=1S/C16H15NOS/c18-16(10-8-13-5-3-11-19-13)15-9-7-12-4-1-2-6-14(12)17-15/h1-7,9,11,16,18H,8,10H2. The number of para-hydroxylation sites is 1. The molecule has 0 aliphatic rings. The number of aliphatic hydroxyl groups excluding tert-OH is 1. The van der Waals surface area contributed by atoms with Crippen LogP contribution in [0.2, 0.25) is 0 Å². The van der Waals surface area contributed by atoms with E-state index < -0.39 is 6.10 Å². The molecule has 0 aliphatic carbocycles. The molecule has 19 heavy (non-hydrogen) atoms. The molecular weight excluding hydrogens is 254 g/mol. The highest BCUT2D eigenvalue weighted by Crippen LogP contribution is 2.21. The lowest BCUT2D eigenvalue weighted by molar-refractivity contribution is 0.164. The first kappa shape index (κ1) is 12.3. The van der Waals surface area contributed by atoms with Crippen molar-refractivity contribution in [2.45, 2.75) is 18.9 Å². The van der Waals surface area contributed by atoms with Gasteiger partial charge in [-0.3, -0.25) is 4.98 Å². The molecule has 3 rings (SSSR count). The monoisotopic (exact) mass is 269 g/mol. The second kappa shape index (κ2) is 5.51. The predicted octanol–water partition coefficient (Wildman–Crippen LogP) is 3.96. The van der Waals surface area contributed by atoms with Gasteiger partial charge in [0, 0.05) is 10.3 Å². The van der Waals surface area contributed by atoms with Gasteiger partial charge < -0.3 is 5.11 Å². The van der Waals surface area contributed by atoms with Crippen molar-refractivity contribution in [1.82, 2.24) is 4.98 Å². The van der Waals surface area contributed by atoms with Crippen molar-refractivity contribution in [2.24, 2.45) is 0 Å². The molecule has 0 radical (unpaired) electrons. The Hall–Kier alpha value is -1.71. The van der Waals surface area contributed by atoms with Crippen LogP contribution in [-0.4, -0.2) is 10.1 Å². The smallest absolute Gasteiger partial charge is 0.0963 e. The molecule has 3 heteroatoms. The number of aliphatic hydroxyl groups is 1. The SMILES string of the molecule is OC(CCc1cccs1)c1ccc2ccccc2n1. The predicted molar refractivity (Wildman–Crippen MR) is 79.3 cm³/mol. The molecule has 0 amide bonds. The maximum absolute atomic E-state index is 10.2. The number of fused-ring (bicyclic) bond motifs is 1. The molecule has 96 valence electrons. The van der Waals surface area contributed by atoms with Gasteiger partial charge in [0.1, 0.15) is 0 Å². The Bertz CT molecular complexity index is 663. The summed E-state index contributed by atoms with van der Waals surface area (Å²) in [7, 11) is 0. The third-order valence-electron chi connectivity index (χ3n) is 3.21. The third-order valence-corrected chi connectivity index (χ3v) is 4.14. The zero-order valence-electron chi connectivity index (χ0n) is 10.5. The number of hydrogen-bond acceptors (Lipinski definition) is 3. The molecule has 0 bridgehead atoms. The average Bonchev–Trinajstić information content (AvgIpc) is 2.97. The minimum Gasteiger partial charge on any atom is -0.387 e. The molecule has 2 aromatic heterocycles. The average molecular weight is 269 g/mol. The minimum atomic E-state index is -0.494. The van der Waals surface area contributed by atoms with Gasteiger partial charge in [-0.1, -0.05) is 30.3 Å². The molecule has 3 aromatic rings. The number of aryl methyl sites for hydroxylation is 1. The Morgan fingerprint density at radius 1 is 1.05 bits per heavy atom. The Balaban J connectivity index is 1.75. The van der Waals surface area contributed by atoms with Crippen molar-refractivity contribution in [2.75, 3.05) is 0 Å². The Kier molecular flexibility index (Phi) is 3.58. The molecule has 0 saturated heterocycles. The van der Waals surface area contributed by atoms with Crippen LogP contribution in [0, 0.1) is 0 Å². The molecule has 1 aromatic carbocycles. The third kappa shape index (κ3) is 2.83. The van der Waals surface area contributed by atoms with E-state index in [0.717, 1.165) is 23.0 Å². The zero-order chi connectivity index (χ0) is 13.1. The molecule has 1 atom stereocenters. The quantitative estimate of drug-likeness (QED) is 0.777. The normalized spacial score (nSPS) is 12.7. The van der Waals surface area contributed by atoms with Gasteiger partial charge >= 0.3 is 0 Å². The molecule has 0 aliphatic heterocycles. The summed E-state index contributed by atoms with van der Waals surface area (Å²) in [6.45, 7) is 0. The molecular formula is C16H15NOS. The maximum atomic E-state index is 10.2. The fourth-order valence-electron chi connectivity index (χ4n) is 2.15. The molecule has 0 fully saturated rings. The van der Waals surface area contributed by atoms with E-state index in [2.05, 4.69) is 16.4 Å². The van der Waals surface area contributed by atoms with Crippen molar-refractivity contribution in [3.63, 3.8) is 0 Å². The number of pyridine rings is 1. The van der Waals surface area contributed by atoms with Gasteiger partial charge in [-0.2, -0.15) is 0 Å². The van der Waals surface area contributed by atoms with Gasteiger partial charge in [0.2, 0.25) is 0 Å². The van der Waals surface area contributed by atoms with Crippen LogP contribution in [0.4, 0.5) is 0 Å². The van der Waals surface area contributed by atoms with Crippen LogP contribution >= 0.6 is 11.3 Å². The molecule has 2 nitrogen and oxygen atoms in total. The summed E-state index contributed by atoms with van der Waals surface area (Å²) in [5.41, 5.74) is 1.70. The Labute approximate surface area is 116 Å². The summed E-state index contributed by atoms with van der Waals surface area (Å²) in [5.74, 6) is 0. The highest BCUT2D eigenvalue weighted by atomic mass is 32.1. The van der Waals surface area contributed by atoms with E-state index in [1.54, 1.807) is 11.3 Å². The maximum Gasteiger partial charge on any atom is 0.0963 e. The summed E-state index contributed by atoms with van der Waals surface area (Å²) in [4.78, 5) is 5.83. The number of benzene rings is 1. The van der Waals surface area contributed by atoms with Crippen LogP contribution in [0.3, 0.4) is 0 Å². The van der Waals surface area contributed by atoms with Gasteiger partial charge in [0.25, 0.3) is 0 Å². The van der Waals surface area contributed by atoms with Gasteiger partial charge in [-0.25, -0.2) is 0 Å². The zero-order valence-corrected chi connectivity index (χ0v) is 11.3. The second-order valence-electron chi connectivity index (χ2n) is 4.56. The van der Waals surface area contributed by atoms with Gasteiger partial charge in [0.15, 0.2) is 0 Å². The van der Waals surface area contributed by atoms with E-state index in [9.17, 15) is 5.11 Å². The first-order valence-corrected chi connectivity index (χ1v) is 7.27. The van der Waals surface area contributed by atoms with Crippen LogP contribution in [0.1, 0.15) is 23.1 Å². The number of hydrogen-bond donors (Lipinski definition) is 1. The fourth-order valence-corrected chi connectivity index (χ4v) is 2.87. The van der Waals surface area contributed by atoms with Crippen molar-refractivity contribution < 1.29 is 5.11 Å². The summed E-state index contributed by atoms with van der Waals surface area (Å²) >= 11 is 1.73. The minimum absolute atomic E-state index is 0.494. The summed E-state index contributed by atoms with van der Waals surface area (Å²) in [6.07, 6.45) is 1.12. The fraction of sp³-hybridized carbons (Fsp3) is 0.188. The van der Waals surface area contributed by atoms with Gasteiger partial charge in [-0.15, -0.1) is 11.3 Å². The number of rotatable bonds is 4. The van der Waals surface area contributed by atoms with Crippen LogP contribution in [0.15, 0.2) is 53.9 Å². The number of thiophene rings is 1. The first-order valence-electron chi connectivity index (χ1n) is 6.39. The van der Waals surface area contributed by atoms with E-state index >= 15 is 0 Å². The van der Waals surface area contributed by atoms with Crippen LogP contribution < -0.4 is 0 Å². The number of nitrogens with zero attached hydrogens (tertiary/aromatic N) is 1. The van der Waals surface area contributed by atoms with Crippen LogP contribution in [-0.2, 0) is 6.42 Å². The molecule has 2 heterocycles. The lowest BCUT2D eigenvalue weighted by Crippen LogP contribution is -2.01. The summed E-state index contributed by atoms with van der Waals surface area (Å²) in [6, 6.07) is 16.1. The van der Waals surface area contributed by atoms with E-state index in [0.29, 0.717) is 6.42 Å². The Morgan fingerprint density at radius 3 is 2.79 bits per heavy atom. The highest BCUT2D eigenvalue weighted by Gasteiger charge is 2.10. The van der Waals surface area contributed by atoms with Crippen LogP contribution in [0.25, 0.3) is 10.9 Å². The number of aromatic nitrogens is 1. The van der Waals surface area contributed by atoms with Crippen LogP contribution in [0.5, 0.6) is 0 Å². The largest absolute Gasteiger partial charge is 0.387 e. The summed E-state index contributed by atoms with van der Waals surface area (Å²) < 4.78 is 0. The lowest BCUT2D eigenvalue weighted by atomic mass is 10.1. The van der Waals surface area contributed by atoms with E-state index in [1.807, 2.05) is 42.5 Å². The summed E-state index contributed by atoms with van der Waals surface area (Å²) in [5, 5.41) is 13.4. The first-order chi connectivity index (χ1) is 9.33. The van der Waals surface area contributed by atoms with Crippen molar-refractivity contribution in [1.29, 1.82) is 0 Å². The Morgan fingerprint density at radius 2 is 1.95 bits per heavy atom. The molecule has 1 N–H and O–H groups in total. The van der Waals surface area contributed by atoms with E-state index in [-0.39, 0.29) is 0 Å². The topological polar surface area (TPSA) is 33.1 Å². The van der Waals surface area contributed by atoms with E-state index in [1.165, 1.54) is 4.88 Å². The van der Waals surface area contributed by atoms with E-state index in [4.69, 9.17) is 0 Å². The lowest BCUT2D eigenvalue weighted by Gasteiger charge is -2.10. The van der Waals surface area contributed by atoms with Gasteiger partial charge in [0.05, 0.1) is 17.3 Å². The van der Waals surface area contributed by atoms with Crippen molar-refractivity contribution in [3.05, 3.63) is 64.5 Å². The van der Waals surface area contributed by atoms with Gasteiger partial charge in [-0.05, 0) is 36.4 Å². The highest BCUT2D eigenvalue weighted by molar-refractivity contribution is 7.09. The molecule has 0 spiro atoms. The van der Waals surface area contributed by atoms with Crippen molar-refractivity contribution in [3.8, 4) is 0 Å². The second-order valence-corrected chi connectivity index (χ2v) is 5.59. The van der Waals surface area contributed by atoms with Crippen molar-refractivity contribution >= 4 is 22.2 Å².